The van der Waals surface area contributed by atoms with Crippen LogP contribution in [-0.2, 0) is 16.0 Å². The first-order valence-electron chi connectivity index (χ1n) is 10.8. The molecule has 0 spiro atoms. The highest BCUT2D eigenvalue weighted by atomic mass is 16.5. The van der Waals surface area contributed by atoms with Crippen LogP contribution >= 0.6 is 0 Å². The van der Waals surface area contributed by atoms with Gasteiger partial charge in [-0.05, 0) is 51.7 Å². The van der Waals surface area contributed by atoms with Crippen molar-refractivity contribution in [2.75, 3.05) is 6.54 Å². The van der Waals surface area contributed by atoms with E-state index in [4.69, 9.17) is 9.72 Å². The van der Waals surface area contributed by atoms with Crippen LogP contribution in [0.5, 0.6) is 0 Å². The smallest absolute Gasteiger partial charge is 0.339 e. The molecular weight excluding hydrogens is 392 g/mol. The van der Waals surface area contributed by atoms with Gasteiger partial charge in [-0.15, -0.1) is 0 Å². The summed E-state index contributed by atoms with van der Waals surface area (Å²) in [5.41, 5.74) is 3.14. The Morgan fingerprint density at radius 1 is 1.19 bits per heavy atom. The first-order chi connectivity index (χ1) is 14.9. The highest BCUT2D eigenvalue weighted by molar-refractivity contribution is 6.03. The molecule has 1 aliphatic carbocycles. The molecule has 1 unspecified atom stereocenters. The van der Waals surface area contributed by atoms with Gasteiger partial charge in [0, 0.05) is 24.2 Å². The SMILES string of the molecule is CC(OC(=O)c1cc(C2CC2)nc2c1cnn2C(C)C)C(=O)NCCc1ccccc1. The number of nitrogens with one attached hydrogen (secondary N) is 1. The third kappa shape index (κ3) is 4.76. The van der Waals surface area contributed by atoms with Crippen molar-refractivity contribution < 1.29 is 14.3 Å². The topological polar surface area (TPSA) is 86.1 Å². The van der Waals surface area contributed by atoms with Gasteiger partial charge >= 0.3 is 5.97 Å². The maximum atomic E-state index is 13.0. The van der Waals surface area contributed by atoms with Gasteiger partial charge in [-0.1, -0.05) is 30.3 Å². The van der Waals surface area contributed by atoms with Gasteiger partial charge in [-0.2, -0.15) is 5.10 Å². The zero-order chi connectivity index (χ0) is 22.0. The number of fused-ring (bicyclic) bond motifs is 1. The Morgan fingerprint density at radius 2 is 1.94 bits per heavy atom. The molecule has 7 nitrogen and oxygen atoms in total. The summed E-state index contributed by atoms with van der Waals surface area (Å²) in [5.74, 6) is -0.455. The van der Waals surface area contributed by atoms with Crippen molar-refractivity contribution in [1.29, 1.82) is 0 Å². The van der Waals surface area contributed by atoms with E-state index in [-0.39, 0.29) is 11.9 Å². The lowest BCUT2D eigenvalue weighted by Gasteiger charge is -2.15. The molecule has 3 aromatic rings. The minimum absolute atomic E-state index is 0.123. The molecule has 0 saturated heterocycles. The number of carbonyl (C=O) groups excluding carboxylic acids is 2. The number of carbonyl (C=O) groups is 2. The van der Waals surface area contributed by atoms with Crippen LogP contribution in [0.3, 0.4) is 0 Å². The molecule has 1 aromatic carbocycles. The summed E-state index contributed by atoms with van der Waals surface area (Å²) in [6, 6.07) is 11.8. The second-order valence-electron chi connectivity index (χ2n) is 8.36. The summed E-state index contributed by atoms with van der Waals surface area (Å²) in [7, 11) is 0. The van der Waals surface area contributed by atoms with Crippen molar-refractivity contribution in [3.63, 3.8) is 0 Å². The summed E-state index contributed by atoms with van der Waals surface area (Å²) in [6.07, 6.45) is 3.62. The molecule has 1 atom stereocenters. The lowest BCUT2D eigenvalue weighted by atomic mass is 10.1. The number of esters is 1. The van der Waals surface area contributed by atoms with Crippen LogP contribution in [0.1, 0.15) is 67.2 Å². The molecule has 2 heterocycles. The van der Waals surface area contributed by atoms with Crippen LogP contribution in [0, 0.1) is 0 Å². The number of aromatic nitrogens is 3. The molecule has 31 heavy (non-hydrogen) atoms. The fourth-order valence-electron chi connectivity index (χ4n) is 3.57. The fraction of sp³-hybridized carbons (Fsp3) is 0.417. The predicted octanol–water partition coefficient (Wildman–Crippen LogP) is 3.79. The van der Waals surface area contributed by atoms with Gasteiger partial charge in [-0.3, -0.25) is 4.79 Å². The zero-order valence-corrected chi connectivity index (χ0v) is 18.2. The normalized spacial score (nSPS) is 14.6. The van der Waals surface area contributed by atoms with Gasteiger partial charge in [-0.25, -0.2) is 14.5 Å². The summed E-state index contributed by atoms with van der Waals surface area (Å²) < 4.78 is 7.34. The monoisotopic (exact) mass is 420 g/mol. The minimum atomic E-state index is -0.893. The van der Waals surface area contributed by atoms with E-state index in [1.807, 2.05) is 48.9 Å². The molecule has 0 aliphatic heterocycles. The Balaban J connectivity index is 1.45. The molecule has 1 saturated carbocycles. The van der Waals surface area contributed by atoms with Gasteiger partial charge in [0.05, 0.1) is 17.1 Å². The largest absolute Gasteiger partial charge is 0.449 e. The summed E-state index contributed by atoms with van der Waals surface area (Å²) >= 11 is 0. The highest BCUT2D eigenvalue weighted by Gasteiger charge is 2.29. The quantitative estimate of drug-likeness (QED) is 0.560. The van der Waals surface area contributed by atoms with Crippen molar-refractivity contribution in [2.24, 2.45) is 0 Å². The van der Waals surface area contributed by atoms with E-state index >= 15 is 0 Å². The van der Waals surface area contributed by atoms with Gasteiger partial charge in [0.25, 0.3) is 5.91 Å². The first-order valence-corrected chi connectivity index (χ1v) is 10.8. The Kier molecular flexibility index (Phi) is 6.02. The van der Waals surface area contributed by atoms with E-state index in [2.05, 4.69) is 10.4 Å². The molecule has 7 heteroatoms. The molecular formula is C24H28N4O3. The van der Waals surface area contributed by atoms with Crippen LogP contribution in [0.4, 0.5) is 0 Å². The number of ether oxygens (including phenoxy) is 1. The van der Waals surface area contributed by atoms with E-state index in [1.54, 1.807) is 19.2 Å². The molecule has 1 aliphatic rings. The van der Waals surface area contributed by atoms with Crippen LogP contribution < -0.4 is 5.32 Å². The van der Waals surface area contributed by atoms with Crippen molar-refractivity contribution in [1.82, 2.24) is 20.1 Å². The number of rotatable bonds is 8. The Morgan fingerprint density at radius 3 is 2.61 bits per heavy atom. The van der Waals surface area contributed by atoms with Gasteiger partial charge in [0.1, 0.15) is 0 Å². The molecule has 0 bridgehead atoms. The van der Waals surface area contributed by atoms with Gasteiger partial charge in [0.15, 0.2) is 11.8 Å². The lowest BCUT2D eigenvalue weighted by Crippen LogP contribution is -2.37. The first kappa shape index (κ1) is 21.0. The number of nitrogens with zero attached hydrogens (tertiary/aromatic N) is 3. The maximum Gasteiger partial charge on any atom is 0.339 e. The average molecular weight is 421 g/mol. The van der Waals surface area contributed by atoms with Crippen LogP contribution in [-0.4, -0.2) is 39.3 Å². The van der Waals surface area contributed by atoms with Crippen molar-refractivity contribution in [2.45, 2.75) is 58.1 Å². The zero-order valence-electron chi connectivity index (χ0n) is 18.2. The highest BCUT2D eigenvalue weighted by Crippen LogP contribution is 2.40. The van der Waals surface area contributed by atoms with Gasteiger partial charge in [0.2, 0.25) is 0 Å². The lowest BCUT2D eigenvalue weighted by molar-refractivity contribution is -0.129. The average Bonchev–Trinajstić information content (AvgIpc) is 3.52. The van der Waals surface area contributed by atoms with E-state index in [0.29, 0.717) is 29.1 Å². The molecule has 2 aromatic heterocycles. The summed E-state index contributed by atoms with van der Waals surface area (Å²) in [4.78, 5) is 30.2. The standard InChI is InChI=1S/C24H28N4O3/c1-15(2)28-22-20(14-26-28)19(13-21(27-22)18-9-10-18)24(30)31-16(3)23(29)25-12-11-17-7-5-4-6-8-17/h4-8,13-16,18H,9-12H2,1-3H3,(H,25,29). The number of amides is 1. The maximum absolute atomic E-state index is 13.0. The Bertz CT molecular complexity index is 1090. The van der Waals surface area contributed by atoms with Gasteiger partial charge < -0.3 is 10.1 Å². The molecule has 1 fully saturated rings. The molecule has 0 radical (unpaired) electrons. The van der Waals surface area contributed by atoms with E-state index < -0.39 is 12.1 Å². The number of benzene rings is 1. The van der Waals surface area contributed by atoms with Crippen LogP contribution in [0.2, 0.25) is 0 Å². The summed E-state index contributed by atoms with van der Waals surface area (Å²) in [6.45, 7) is 6.13. The second kappa shape index (κ2) is 8.88. The number of hydrogen-bond acceptors (Lipinski definition) is 5. The fourth-order valence-corrected chi connectivity index (χ4v) is 3.57. The van der Waals surface area contributed by atoms with E-state index in [1.165, 1.54) is 0 Å². The van der Waals surface area contributed by atoms with E-state index in [0.717, 1.165) is 30.5 Å². The van der Waals surface area contributed by atoms with Crippen molar-refractivity contribution in [3.05, 3.63) is 59.4 Å². The van der Waals surface area contributed by atoms with Crippen molar-refractivity contribution in [3.8, 4) is 0 Å². The number of pyridine rings is 1. The molecule has 1 N–H and O–H groups in total. The second-order valence-corrected chi connectivity index (χ2v) is 8.36. The molecule has 4 rings (SSSR count). The van der Waals surface area contributed by atoms with Crippen LogP contribution in [0.25, 0.3) is 11.0 Å². The summed E-state index contributed by atoms with van der Waals surface area (Å²) in [5, 5.41) is 7.90. The minimum Gasteiger partial charge on any atom is -0.449 e. The molecule has 162 valence electrons. The number of hydrogen-bond donors (Lipinski definition) is 1. The predicted molar refractivity (Wildman–Crippen MR) is 118 cm³/mol. The Hall–Kier alpha value is -3.22. The van der Waals surface area contributed by atoms with Crippen molar-refractivity contribution >= 4 is 22.9 Å². The van der Waals surface area contributed by atoms with Crippen LogP contribution in [0.15, 0.2) is 42.6 Å². The third-order valence-electron chi connectivity index (χ3n) is 5.50. The third-order valence-corrected chi connectivity index (χ3v) is 5.50. The Labute approximate surface area is 181 Å². The van der Waals surface area contributed by atoms with E-state index in [9.17, 15) is 9.59 Å². The molecule has 1 amide bonds.